The largest absolute Gasteiger partial charge is 0.357 e. The number of nitrogens with one attached hydrogen (secondary N) is 3. The van der Waals surface area contributed by atoms with Crippen molar-refractivity contribution in [2.75, 3.05) is 39.3 Å². The number of aliphatic imine (C=N–C) groups is 1. The highest BCUT2D eigenvalue weighted by molar-refractivity contribution is 5.82. The molecular formula is C18H33N5O2. The van der Waals surface area contributed by atoms with Gasteiger partial charge >= 0.3 is 0 Å². The Hall–Kier alpha value is -1.79. The average molecular weight is 351 g/mol. The first kappa shape index (κ1) is 19.5. The summed E-state index contributed by atoms with van der Waals surface area (Å²) in [5.41, 5.74) is -0.332. The molecule has 2 amide bonds. The maximum atomic E-state index is 11.9. The van der Waals surface area contributed by atoms with Gasteiger partial charge in [-0.3, -0.25) is 14.6 Å². The molecular weight excluding hydrogens is 318 g/mol. The Morgan fingerprint density at radius 1 is 1.36 bits per heavy atom. The maximum absolute atomic E-state index is 11.9. The summed E-state index contributed by atoms with van der Waals surface area (Å²) in [6.07, 6.45) is 2.77. The summed E-state index contributed by atoms with van der Waals surface area (Å²) in [6, 6.07) is 0. The molecule has 1 atom stereocenters. The van der Waals surface area contributed by atoms with Gasteiger partial charge in [-0.1, -0.05) is 20.8 Å². The lowest BCUT2D eigenvalue weighted by atomic mass is 9.79. The molecule has 25 heavy (non-hydrogen) atoms. The van der Waals surface area contributed by atoms with Gasteiger partial charge in [0.1, 0.15) is 0 Å². The van der Waals surface area contributed by atoms with Crippen LogP contribution in [0.4, 0.5) is 0 Å². The Labute approximate surface area is 151 Å². The standard InChI is InChI=1S/C18H33N5O2/c1-5-19-16(21-9-8-20-15(25)17(2,3)4)23-10-6-7-18(13-23)11-14(24)22-12-18/h5-13H2,1-4H3,(H,19,21)(H,20,25)(H,22,24). The van der Waals surface area contributed by atoms with Crippen LogP contribution in [0.1, 0.15) is 47.0 Å². The van der Waals surface area contributed by atoms with Gasteiger partial charge in [-0.05, 0) is 19.8 Å². The average Bonchev–Trinajstić information content (AvgIpc) is 2.89. The van der Waals surface area contributed by atoms with Gasteiger partial charge in [-0.2, -0.15) is 0 Å². The van der Waals surface area contributed by atoms with Crippen molar-refractivity contribution in [3.63, 3.8) is 0 Å². The summed E-state index contributed by atoms with van der Waals surface area (Å²) in [7, 11) is 0. The van der Waals surface area contributed by atoms with Gasteiger partial charge in [-0.25, -0.2) is 0 Å². The van der Waals surface area contributed by atoms with Crippen molar-refractivity contribution in [3.05, 3.63) is 0 Å². The molecule has 0 aromatic heterocycles. The zero-order valence-electron chi connectivity index (χ0n) is 16.1. The molecule has 0 aliphatic carbocycles. The molecule has 7 heteroatoms. The summed E-state index contributed by atoms with van der Waals surface area (Å²) in [4.78, 5) is 30.5. The fraction of sp³-hybridized carbons (Fsp3) is 0.833. The van der Waals surface area contributed by atoms with Gasteiger partial charge in [0.2, 0.25) is 11.8 Å². The first-order valence-corrected chi connectivity index (χ1v) is 9.34. The number of rotatable bonds is 4. The Bertz CT molecular complexity index is 526. The van der Waals surface area contributed by atoms with Crippen molar-refractivity contribution in [2.24, 2.45) is 15.8 Å². The molecule has 3 N–H and O–H groups in total. The molecule has 0 bridgehead atoms. The van der Waals surface area contributed by atoms with Crippen LogP contribution >= 0.6 is 0 Å². The minimum Gasteiger partial charge on any atom is -0.357 e. The van der Waals surface area contributed by atoms with Gasteiger partial charge in [0.15, 0.2) is 5.96 Å². The second-order valence-electron chi connectivity index (χ2n) is 8.22. The van der Waals surface area contributed by atoms with Crippen molar-refractivity contribution in [3.8, 4) is 0 Å². The molecule has 2 heterocycles. The molecule has 2 aliphatic heterocycles. The van der Waals surface area contributed by atoms with E-state index in [9.17, 15) is 9.59 Å². The van der Waals surface area contributed by atoms with E-state index in [1.54, 1.807) is 0 Å². The number of hydrogen-bond acceptors (Lipinski definition) is 3. The predicted octanol–water partition coefficient (Wildman–Crippen LogP) is 0.716. The minimum absolute atomic E-state index is 0.0418. The third-order valence-corrected chi connectivity index (χ3v) is 4.83. The van der Waals surface area contributed by atoms with Crippen molar-refractivity contribution < 1.29 is 9.59 Å². The predicted molar refractivity (Wildman–Crippen MR) is 99.3 cm³/mol. The van der Waals surface area contributed by atoms with Gasteiger partial charge < -0.3 is 20.9 Å². The summed E-state index contributed by atoms with van der Waals surface area (Å²) in [5, 5.41) is 9.25. The van der Waals surface area contributed by atoms with Crippen LogP contribution in [0.15, 0.2) is 4.99 Å². The minimum atomic E-state index is -0.379. The van der Waals surface area contributed by atoms with Gasteiger partial charge in [0.05, 0.1) is 6.54 Å². The van der Waals surface area contributed by atoms with Crippen molar-refractivity contribution in [1.82, 2.24) is 20.9 Å². The van der Waals surface area contributed by atoms with E-state index in [-0.39, 0.29) is 22.6 Å². The summed E-state index contributed by atoms with van der Waals surface area (Å²) >= 11 is 0. The van der Waals surface area contributed by atoms with Crippen molar-refractivity contribution >= 4 is 17.8 Å². The topological polar surface area (TPSA) is 85.8 Å². The lowest BCUT2D eigenvalue weighted by Crippen LogP contribution is -2.51. The van der Waals surface area contributed by atoms with E-state index < -0.39 is 0 Å². The molecule has 1 unspecified atom stereocenters. The highest BCUT2D eigenvalue weighted by Crippen LogP contribution is 2.35. The number of piperidine rings is 1. The number of hydrogen-bond donors (Lipinski definition) is 3. The molecule has 7 nitrogen and oxygen atoms in total. The third kappa shape index (κ3) is 5.34. The van der Waals surface area contributed by atoms with Crippen LogP contribution in [-0.4, -0.2) is 61.9 Å². The van der Waals surface area contributed by atoms with Crippen LogP contribution in [0.5, 0.6) is 0 Å². The van der Waals surface area contributed by atoms with Crippen LogP contribution in [0.3, 0.4) is 0 Å². The molecule has 1 spiro atoms. The van der Waals surface area contributed by atoms with Crippen LogP contribution in [0, 0.1) is 10.8 Å². The van der Waals surface area contributed by atoms with E-state index in [1.165, 1.54) is 0 Å². The van der Waals surface area contributed by atoms with Crippen molar-refractivity contribution in [2.45, 2.75) is 47.0 Å². The zero-order valence-corrected chi connectivity index (χ0v) is 16.1. The number of carbonyl (C=O) groups is 2. The second kappa shape index (κ2) is 8.06. The molecule has 2 rings (SSSR count). The fourth-order valence-electron chi connectivity index (χ4n) is 3.45. The van der Waals surface area contributed by atoms with E-state index in [0.29, 0.717) is 19.5 Å². The third-order valence-electron chi connectivity index (χ3n) is 4.83. The summed E-state index contributed by atoms with van der Waals surface area (Å²) < 4.78 is 0. The highest BCUT2D eigenvalue weighted by Gasteiger charge is 2.42. The zero-order chi connectivity index (χ0) is 18.5. The highest BCUT2D eigenvalue weighted by atomic mass is 16.2. The normalized spacial score (nSPS) is 24.4. The van der Waals surface area contributed by atoms with Gasteiger partial charge in [0.25, 0.3) is 0 Å². The molecule has 0 saturated carbocycles. The quantitative estimate of drug-likeness (QED) is 0.396. The van der Waals surface area contributed by atoms with Crippen molar-refractivity contribution in [1.29, 1.82) is 0 Å². The van der Waals surface area contributed by atoms with E-state index >= 15 is 0 Å². The Morgan fingerprint density at radius 3 is 2.72 bits per heavy atom. The van der Waals surface area contributed by atoms with E-state index in [4.69, 9.17) is 0 Å². The Kier molecular flexibility index (Phi) is 6.30. The number of carbonyl (C=O) groups excluding carboxylic acids is 2. The molecule has 2 aliphatic rings. The Balaban J connectivity index is 1.92. The molecule has 0 aromatic rings. The first-order valence-electron chi connectivity index (χ1n) is 9.34. The van der Waals surface area contributed by atoms with Crippen LogP contribution < -0.4 is 16.0 Å². The first-order chi connectivity index (χ1) is 11.8. The Morgan fingerprint density at radius 2 is 2.12 bits per heavy atom. The van der Waals surface area contributed by atoms with E-state index in [0.717, 1.165) is 45.0 Å². The molecule has 2 fully saturated rings. The number of likely N-dealkylation sites (tertiary alicyclic amines) is 1. The number of guanidine groups is 1. The molecule has 0 aromatic carbocycles. The molecule has 142 valence electrons. The van der Waals surface area contributed by atoms with Gasteiger partial charge in [-0.15, -0.1) is 0 Å². The maximum Gasteiger partial charge on any atom is 0.225 e. The van der Waals surface area contributed by atoms with E-state index in [2.05, 4.69) is 32.8 Å². The molecule has 0 radical (unpaired) electrons. The number of amides is 2. The van der Waals surface area contributed by atoms with Crippen LogP contribution in [0.2, 0.25) is 0 Å². The van der Waals surface area contributed by atoms with E-state index in [1.807, 2.05) is 20.8 Å². The monoisotopic (exact) mass is 351 g/mol. The second-order valence-corrected chi connectivity index (χ2v) is 8.22. The fourth-order valence-corrected chi connectivity index (χ4v) is 3.45. The number of nitrogens with zero attached hydrogens (tertiary/aromatic N) is 2. The van der Waals surface area contributed by atoms with Crippen LogP contribution in [-0.2, 0) is 9.59 Å². The smallest absolute Gasteiger partial charge is 0.225 e. The molecule has 2 saturated heterocycles. The van der Waals surface area contributed by atoms with Gasteiger partial charge in [0, 0.05) is 50.0 Å². The summed E-state index contributed by atoms with van der Waals surface area (Å²) in [5.74, 6) is 1.08. The SMILES string of the molecule is CCNC(=NCCNC(=O)C(C)(C)C)N1CCCC2(CNC(=O)C2)C1. The lowest BCUT2D eigenvalue weighted by molar-refractivity contribution is -0.128. The lowest BCUT2D eigenvalue weighted by Gasteiger charge is -2.40. The summed E-state index contributed by atoms with van der Waals surface area (Å²) in [6.45, 7) is 12.2. The van der Waals surface area contributed by atoms with Crippen LogP contribution in [0.25, 0.3) is 0 Å².